The molecule has 1 aromatic heterocycles. The van der Waals surface area contributed by atoms with E-state index in [0.29, 0.717) is 17.2 Å². The molecule has 0 saturated carbocycles. The minimum Gasteiger partial charge on any atom is -0.497 e. The van der Waals surface area contributed by atoms with Gasteiger partial charge >= 0.3 is 0 Å². The lowest BCUT2D eigenvalue weighted by molar-refractivity contribution is 0.0774. The highest BCUT2D eigenvalue weighted by atomic mass is 32.2. The Balaban J connectivity index is 1.77. The molecule has 0 aliphatic heterocycles. The van der Waals surface area contributed by atoms with Crippen LogP contribution in [0.5, 0.6) is 5.75 Å². The van der Waals surface area contributed by atoms with Crippen molar-refractivity contribution in [2.45, 2.75) is 18.4 Å². The molecule has 0 spiro atoms. The Hall–Kier alpha value is -3.26. The van der Waals surface area contributed by atoms with Crippen molar-refractivity contribution in [3.8, 4) is 5.75 Å². The minimum atomic E-state index is -3.85. The fourth-order valence-electron chi connectivity index (χ4n) is 2.77. The van der Waals surface area contributed by atoms with Crippen molar-refractivity contribution in [1.82, 2.24) is 4.90 Å². The van der Waals surface area contributed by atoms with Crippen LogP contribution in [-0.4, -0.2) is 33.4 Å². The van der Waals surface area contributed by atoms with E-state index in [1.165, 1.54) is 24.1 Å². The van der Waals surface area contributed by atoms with Crippen LogP contribution in [0.15, 0.2) is 70.0 Å². The van der Waals surface area contributed by atoms with Crippen molar-refractivity contribution in [2.24, 2.45) is 0 Å². The van der Waals surface area contributed by atoms with Crippen LogP contribution in [0.3, 0.4) is 0 Å². The monoisotopic (exact) mass is 414 g/mol. The molecule has 0 unspecified atom stereocenters. The molecule has 7 nitrogen and oxygen atoms in total. The zero-order valence-corrected chi connectivity index (χ0v) is 17.2. The summed E-state index contributed by atoms with van der Waals surface area (Å²) in [5, 5.41) is 0. The second-order valence-corrected chi connectivity index (χ2v) is 8.22. The summed E-state index contributed by atoms with van der Waals surface area (Å²) in [6, 6.07) is 16.1. The maximum atomic E-state index is 12.7. The summed E-state index contributed by atoms with van der Waals surface area (Å²) in [4.78, 5) is 14.2. The van der Waals surface area contributed by atoms with Crippen LogP contribution < -0.4 is 9.46 Å². The molecule has 0 aliphatic carbocycles. The highest BCUT2D eigenvalue weighted by Crippen LogP contribution is 2.20. The van der Waals surface area contributed by atoms with Crippen LogP contribution in [0.25, 0.3) is 0 Å². The molecule has 0 aliphatic rings. The first-order valence-electron chi connectivity index (χ1n) is 8.86. The van der Waals surface area contributed by atoms with Crippen molar-refractivity contribution in [2.75, 3.05) is 18.9 Å². The first-order valence-corrected chi connectivity index (χ1v) is 10.3. The maximum Gasteiger partial charge on any atom is 0.261 e. The number of furan rings is 1. The fourth-order valence-corrected chi connectivity index (χ4v) is 3.87. The van der Waals surface area contributed by atoms with Gasteiger partial charge in [-0.05, 0) is 61.5 Å². The van der Waals surface area contributed by atoms with Gasteiger partial charge in [0.15, 0.2) is 0 Å². The molecule has 0 radical (unpaired) electrons. The molecule has 1 amide bonds. The molecule has 3 rings (SSSR count). The van der Waals surface area contributed by atoms with Gasteiger partial charge in [0, 0.05) is 18.3 Å². The summed E-state index contributed by atoms with van der Waals surface area (Å²) in [6.07, 6.45) is 0. The number of hydrogen-bond acceptors (Lipinski definition) is 5. The Kier molecular flexibility index (Phi) is 5.93. The number of hydrogen-bond donors (Lipinski definition) is 1. The quantitative estimate of drug-likeness (QED) is 0.637. The topological polar surface area (TPSA) is 88.8 Å². The van der Waals surface area contributed by atoms with E-state index in [9.17, 15) is 13.2 Å². The van der Waals surface area contributed by atoms with Gasteiger partial charge in [-0.15, -0.1) is 0 Å². The lowest BCUT2D eigenvalue weighted by atomic mass is 10.2. The predicted octanol–water partition coefficient (Wildman–Crippen LogP) is 3.67. The molecule has 0 atom stereocenters. The molecular weight excluding hydrogens is 392 g/mol. The maximum absolute atomic E-state index is 12.7. The Labute approximate surface area is 170 Å². The van der Waals surface area contributed by atoms with Gasteiger partial charge in [-0.25, -0.2) is 8.42 Å². The number of nitrogens with zero attached hydrogens (tertiary/aromatic N) is 1. The van der Waals surface area contributed by atoms with Crippen LogP contribution in [0.4, 0.5) is 5.69 Å². The van der Waals surface area contributed by atoms with Crippen molar-refractivity contribution in [3.63, 3.8) is 0 Å². The predicted molar refractivity (Wildman–Crippen MR) is 109 cm³/mol. The smallest absolute Gasteiger partial charge is 0.261 e. The van der Waals surface area contributed by atoms with Gasteiger partial charge in [-0.1, -0.05) is 6.07 Å². The number of rotatable bonds is 7. The van der Waals surface area contributed by atoms with Crippen molar-refractivity contribution in [3.05, 3.63) is 77.7 Å². The lowest BCUT2D eigenvalue weighted by Crippen LogP contribution is -2.26. The molecule has 152 valence electrons. The Morgan fingerprint density at radius 1 is 1.10 bits per heavy atom. The Morgan fingerprint density at radius 2 is 1.83 bits per heavy atom. The number of carbonyl (C=O) groups is 1. The first kappa shape index (κ1) is 20.5. The van der Waals surface area contributed by atoms with Gasteiger partial charge in [0.1, 0.15) is 17.3 Å². The van der Waals surface area contributed by atoms with E-state index < -0.39 is 10.0 Å². The van der Waals surface area contributed by atoms with E-state index >= 15 is 0 Å². The van der Waals surface area contributed by atoms with Gasteiger partial charge in [-0.2, -0.15) is 0 Å². The summed E-state index contributed by atoms with van der Waals surface area (Å²) < 4.78 is 38.5. The minimum absolute atomic E-state index is 0.00131. The number of carbonyl (C=O) groups excluding carboxylic acids is 1. The molecule has 1 N–H and O–H groups in total. The van der Waals surface area contributed by atoms with E-state index in [2.05, 4.69) is 4.72 Å². The third-order valence-corrected chi connectivity index (χ3v) is 5.65. The van der Waals surface area contributed by atoms with Crippen LogP contribution in [0.1, 0.15) is 21.9 Å². The summed E-state index contributed by atoms with van der Waals surface area (Å²) in [5.41, 5.74) is 0.668. The highest BCUT2D eigenvalue weighted by molar-refractivity contribution is 7.92. The van der Waals surface area contributed by atoms with E-state index in [-0.39, 0.29) is 22.9 Å². The average Bonchev–Trinajstić information content (AvgIpc) is 3.12. The molecule has 0 saturated heterocycles. The molecular formula is C21H22N2O5S. The number of sulfonamides is 1. The third-order valence-electron chi connectivity index (χ3n) is 4.27. The van der Waals surface area contributed by atoms with Crippen LogP contribution in [-0.2, 0) is 16.6 Å². The zero-order chi connectivity index (χ0) is 21.0. The van der Waals surface area contributed by atoms with Crippen LogP contribution in [0, 0.1) is 6.92 Å². The largest absolute Gasteiger partial charge is 0.497 e. The second kappa shape index (κ2) is 8.40. The number of aryl methyl sites for hydroxylation is 1. The Bertz CT molecular complexity index is 1100. The van der Waals surface area contributed by atoms with Gasteiger partial charge < -0.3 is 14.1 Å². The number of nitrogens with one attached hydrogen (secondary N) is 1. The number of anilines is 1. The van der Waals surface area contributed by atoms with E-state index in [1.54, 1.807) is 49.5 Å². The summed E-state index contributed by atoms with van der Waals surface area (Å²) in [6.45, 7) is 2.11. The average molecular weight is 414 g/mol. The SMILES string of the molecule is COc1ccc(NS(=O)(=O)c2cccc(C(=O)N(C)Cc3ccc(C)o3)c2)cc1. The van der Waals surface area contributed by atoms with Gasteiger partial charge in [0.25, 0.3) is 15.9 Å². The highest BCUT2D eigenvalue weighted by Gasteiger charge is 2.19. The fraction of sp³-hybridized carbons (Fsp3) is 0.190. The van der Waals surface area contributed by atoms with Crippen molar-refractivity contribution in [1.29, 1.82) is 0 Å². The van der Waals surface area contributed by atoms with Crippen LogP contribution in [0.2, 0.25) is 0 Å². The van der Waals surface area contributed by atoms with Gasteiger partial charge in [0.05, 0.1) is 18.6 Å². The molecule has 29 heavy (non-hydrogen) atoms. The molecule has 1 heterocycles. The molecule has 8 heteroatoms. The van der Waals surface area contributed by atoms with Gasteiger partial charge in [0.2, 0.25) is 0 Å². The lowest BCUT2D eigenvalue weighted by Gasteiger charge is -2.16. The summed E-state index contributed by atoms with van der Waals surface area (Å²) in [5.74, 6) is 1.73. The van der Waals surface area contributed by atoms with E-state index in [0.717, 1.165) is 5.76 Å². The summed E-state index contributed by atoms with van der Waals surface area (Å²) >= 11 is 0. The normalized spacial score (nSPS) is 11.1. The Morgan fingerprint density at radius 3 is 2.45 bits per heavy atom. The first-order chi connectivity index (χ1) is 13.8. The standard InChI is InChI=1S/C21H22N2O5S/c1-15-7-10-19(28-15)14-23(2)21(24)16-5-4-6-20(13-16)29(25,26)22-17-8-11-18(27-3)12-9-17/h4-13,22H,14H2,1-3H3. The van der Waals surface area contributed by atoms with E-state index in [1.807, 2.05) is 13.0 Å². The molecule has 0 bridgehead atoms. The number of ether oxygens (including phenoxy) is 1. The van der Waals surface area contributed by atoms with Crippen LogP contribution >= 0.6 is 0 Å². The number of benzene rings is 2. The number of methoxy groups -OCH3 is 1. The molecule has 0 fully saturated rings. The van der Waals surface area contributed by atoms with Crippen molar-refractivity contribution < 1.29 is 22.4 Å². The third kappa shape index (κ3) is 4.97. The molecule has 2 aromatic carbocycles. The van der Waals surface area contributed by atoms with Gasteiger partial charge in [-0.3, -0.25) is 9.52 Å². The van der Waals surface area contributed by atoms with Crippen molar-refractivity contribution >= 4 is 21.6 Å². The second-order valence-electron chi connectivity index (χ2n) is 6.54. The zero-order valence-electron chi connectivity index (χ0n) is 16.4. The number of amides is 1. The molecule has 3 aromatic rings. The van der Waals surface area contributed by atoms with E-state index in [4.69, 9.17) is 9.15 Å². The summed E-state index contributed by atoms with van der Waals surface area (Å²) in [7, 11) is -0.681.